The molecule has 4 nitrogen and oxygen atoms in total. The number of carbonyl (C=O) groups excluding carboxylic acids is 1. The van der Waals surface area contributed by atoms with E-state index in [1.807, 2.05) is 55.5 Å². The second-order valence-corrected chi connectivity index (χ2v) is 6.57. The summed E-state index contributed by atoms with van der Waals surface area (Å²) in [6, 6.07) is 18.9. The molecule has 1 aromatic heterocycles. The first-order chi connectivity index (χ1) is 13.2. The SMILES string of the molecule is CC[C@H](Oc1ccccc1Cl)C(=O)Nc1ccc(Cc2ccncc2)cc1. The van der Waals surface area contributed by atoms with E-state index in [4.69, 9.17) is 16.3 Å². The van der Waals surface area contributed by atoms with E-state index in [0.29, 0.717) is 17.2 Å². The average Bonchev–Trinajstić information content (AvgIpc) is 2.69. The van der Waals surface area contributed by atoms with Crippen molar-refractivity contribution in [2.75, 3.05) is 5.32 Å². The highest BCUT2D eigenvalue weighted by molar-refractivity contribution is 6.32. The normalized spacial score (nSPS) is 11.6. The third-order valence-electron chi connectivity index (χ3n) is 4.15. The molecule has 2 aromatic carbocycles. The third-order valence-corrected chi connectivity index (χ3v) is 4.46. The first kappa shape index (κ1) is 18.9. The molecule has 5 heteroatoms. The van der Waals surface area contributed by atoms with Gasteiger partial charge in [-0.1, -0.05) is 42.8 Å². The van der Waals surface area contributed by atoms with E-state index in [9.17, 15) is 4.79 Å². The molecule has 1 N–H and O–H groups in total. The van der Waals surface area contributed by atoms with Crippen LogP contribution in [0.5, 0.6) is 5.75 Å². The molecule has 0 radical (unpaired) electrons. The minimum absolute atomic E-state index is 0.195. The van der Waals surface area contributed by atoms with Crippen molar-refractivity contribution in [3.8, 4) is 5.75 Å². The fourth-order valence-electron chi connectivity index (χ4n) is 2.68. The first-order valence-electron chi connectivity index (χ1n) is 8.85. The maximum Gasteiger partial charge on any atom is 0.265 e. The lowest BCUT2D eigenvalue weighted by molar-refractivity contribution is -0.122. The number of nitrogens with zero attached hydrogens (tertiary/aromatic N) is 1. The van der Waals surface area contributed by atoms with Gasteiger partial charge in [0.2, 0.25) is 0 Å². The molecular formula is C22H21ClN2O2. The number of para-hydroxylation sites is 1. The lowest BCUT2D eigenvalue weighted by Gasteiger charge is -2.18. The van der Waals surface area contributed by atoms with E-state index in [2.05, 4.69) is 10.3 Å². The summed E-state index contributed by atoms with van der Waals surface area (Å²) in [5.74, 6) is 0.313. The molecule has 138 valence electrons. The average molecular weight is 381 g/mol. The van der Waals surface area contributed by atoms with Crippen LogP contribution in [0.1, 0.15) is 24.5 Å². The zero-order valence-electron chi connectivity index (χ0n) is 15.1. The zero-order chi connectivity index (χ0) is 19.1. The molecule has 1 heterocycles. The molecule has 3 rings (SSSR count). The lowest BCUT2D eigenvalue weighted by Crippen LogP contribution is -2.32. The quantitative estimate of drug-likeness (QED) is 0.618. The number of halogens is 1. The standard InChI is InChI=1S/C22H21ClN2O2/c1-2-20(27-21-6-4-3-5-19(21)23)22(26)25-18-9-7-16(8-10-18)15-17-11-13-24-14-12-17/h3-14,20H,2,15H2,1H3,(H,25,26)/t20-/m0/s1. The van der Waals surface area contributed by atoms with Crippen molar-refractivity contribution < 1.29 is 9.53 Å². The van der Waals surface area contributed by atoms with Crippen LogP contribution in [0.15, 0.2) is 73.1 Å². The number of aromatic nitrogens is 1. The van der Waals surface area contributed by atoms with Gasteiger partial charge < -0.3 is 10.1 Å². The molecule has 0 bridgehead atoms. The van der Waals surface area contributed by atoms with Crippen LogP contribution in [0, 0.1) is 0 Å². The molecule has 0 spiro atoms. The fraction of sp³-hybridized carbons (Fsp3) is 0.182. The number of carbonyl (C=O) groups is 1. The van der Waals surface area contributed by atoms with E-state index in [1.165, 1.54) is 11.1 Å². The van der Waals surface area contributed by atoms with Gasteiger partial charge in [-0.05, 0) is 60.4 Å². The Morgan fingerprint density at radius 3 is 2.37 bits per heavy atom. The number of benzene rings is 2. The van der Waals surface area contributed by atoms with Gasteiger partial charge in [-0.15, -0.1) is 0 Å². The summed E-state index contributed by atoms with van der Waals surface area (Å²) in [6.45, 7) is 1.90. The van der Waals surface area contributed by atoms with Crippen LogP contribution in [-0.4, -0.2) is 17.0 Å². The van der Waals surface area contributed by atoms with Gasteiger partial charge in [0.05, 0.1) is 5.02 Å². The summed E-state index contributed by atoms with van der Waals surface area (Å²) in [5, 5.41) is 3.40. The number of ether oxygens (including phenoxy) is 1. The number of nitrogens with one attached hydrogen (secondary N) is 1. The van der Waals surface area contributed by atoms with Crippen molar-refractivity contribution in [2.45, 2.75) is 25.9 Å². The first-order valence-corrected chi connectivity index (χ1v) is 9.23. The van der Waals surface area contributed by atoms with E-state index in [-0.39, 0.29) is 5.91 Å². The maximum absolute atomic E-state index is 12.5. The third kappa shape index (κ3) is 5.31. The Kier molecular flexibility index (Phi) is 6.44. The largest absolute Gasteiger partial charge is 0.479 e. The molecular weight excluding hydrogens is 360 g/mol. The molecule has 0 aliphatic heterocycles. The molecule has 27 heavy (non-hydrogen) atoms. The van der Waals surface area contributed by atoms with Crippen LogP contribution < -0.4 is 10.1 Å². The molecule has 0 aliphatic rings. The Morgan fingerprint density at radius 1 is 1.04 bits per heavy atom. The maximum atomic E-state index is 12.5. The highest BCUT2D eigenvalue weighted by atomic mass is 35.5. The molecule has 1 amide bonds. The van der Waals surface area contributed by atoms with E-state index in [0.717, 1.165) is 12.1 Å². The smallest absolute Gasteiger partial charge is 0.265 e. The van der Waals surface area contributed by atoms with Crippen molar-refractivity contribution in [3.05, 3.63) is 89.2 Å². The topological polar surface area (TPSA) is 51.2 Å². The predicted octanol–water partition coefficient (Wildman–Crippen LogP) is 5.12. The van der Waals surface area contributed by atoms with Gasteiger partial charge in [0.25, 0.3) is 5.91 Å². The minimum Gasteiger partial charge on any atom is -0.479 e. The summed E-state index contributed by atoms with van der Waals surface area (Å²) < 4.78 is 5.78. The fourth-order valence-corrected chi connectivity index (χ4v) is 2.86. The molecule has 0 aliphatic carbocycles. The van der Waals surface area contributed by atoms with Gasteiger partial charge in [-0.2, -0.15) is 0 Å². The molecule has 0 saturated heterocycles. The van der Waals surface area contributed by atoms with Crippen LogP contribution in [0.4, 0.5) is 5.69 Å². The Hall–Kier alpha value is -2.85. The Balaban J connectivity index is 1.61. The van der Waals surface area contributed by atoms with Gasteiger partial charge in [0, 0.05) is 18.1 Å². The lowest BCUT2D eigenvalue weighted by atomic mass is 10.1. The highest BCUT2D eigenvalue weighted by Gasteiger charge is 2.19. The predicted molar refractivity (Wildman–Crippen MR) is 108 cm³/mol. The Morgan fingerprint density at radius 2 is 1.70 bits per heavy atom. The van der Waals surface area contributed by atoms with Gasteiger partial charge in [-0.25, -0.2) is 0 Å². The summed E-state index contributed by atoms with van der Waals surface area (Å²) in [5.41, 5.74) is 3.10. The van der Waals surface area contributed by atoms with Gasteiger partial charge in [-0.3, -0.25) is 9.78 Å². The van der Waals surface area contributed by atoms with E-state index >= 15 is 0 Å². The van der Waals surface area contributed by atoms with Crippen LogP contribution >= 0.6 is 11.6 Å². The number of pyridine rings is 1. The molecule has 0 fully saturated rings. The highest BCUT2D eigenvalue weighted by Crippen LogP contribution is 2.25. The number of anilines is 1. The Bertz CT molecular complexity index is 882. The summed E-state index contributed by atoms with van der Waals surface area (Å²) >= 11 is 6.11. The van der Waals surface area contributed by atoms with E-state index in [1.54, 1.807) is 24.5 Å². The summed E-state index contributed by atoms with van der Waals surface area (Å²) in [6.07, 6.45) is 4.32. The summed E-state index contributed by atoms with van der Waals surface area (Å²) in [4.78, 5) is 16.6. The Labute approximate surface area is 164 Å². The number of amides is 1. The van der Waals surface area contributed by atoms with E-state index < -0.39 is 6.10 Å². The van der Waals surface area contributed by atoms with Gasteiger partial charge in [0.1, 0.15) is 5.75 Å². The second-order valence-electron chi connectivity index (χ2n) is 6.16. The number of rotatable bonds is 7. The zero-order valence-corrected chi connectivity index (χ0v) is 15.8. The molecule has 3 aromatic rings. The number of hydrogen-bond donors (Lipinski definition) is 1. The monoisotopic (exact) mass is 380 g/mol. The van der Waals surface area contributed by atoms with Gasteiger partial charge >= 0.3 is 0 Å². The minimum atomic E-state index is -0.610. The van der Waals surface area contributed by atoms with Crippen molar-refractivity contribution >= 4 is 23.2 Å². The molecule has 1 atom stereocenters. The van der Waals surface area contributed by atoms with Crippen molar-refractivity contribution in [1.29, 1.82) is 0 Å². The van der Waals surface area contributed by atoms with Crippen molar-refractivity contribution in [2.24, 2.45) is 0 Å². The van der Waals surface area contributed by atoms with Crippen molar-refractivity contribution in [3.63, 3.8) is 0 Å². The van der Waals surface area contributed by atoms with Crippen LogP contribution in [-0.2, 0) is 11.2 Å². The molecule has 0 saturated carbocycles. The molecule has 0 unspecified atom stereocenters. The van der Waals surface area contributed by atoms with Crippen LogP contribution in [0.2, 0.25) is 5.02 Å². The second kappa shape index (κ2) is 9.19. The summed E-state index contributed by atoms with van der Waals surface area (Å²) in [7, 11) is 0. The van der Waals surface area contributed by atoms with Crippen molar-refractivity contribution in [1.82, 2.24) is 4.98 Å². The van der Waals surface area contributed by atoms with Gasteiger partial charge in [0.15, 0.2) is 6.10 Å². The van der Waals surface area contributed by atoms with Crippen LogP contribution in [0.3, 0.4) is 0 Å². The number of hydrogen-bond acceptors (Lipinski definition) is 3. The van der Waals surface area contributed by atoms with Crippen LogP contribution in [0.25, 0.3) is 0 Å².